The number of rotatable bonds is 5. The van der Waals surface area contributed by atoms with Crippen LogP contribution in [0.3, 0.4) is 0 Å². The normalized spacial score (nSPS) is 28.1. The number of piperidine rings is 1. The Hall–Kier alpha value is -2.90. The Morgan fingerprint density at radius 2 is 1.77 bits per heavy atom. The van der Waals surface area contributed by atoms with E-state index in [1.54, 1.807) is 24.3 Å². The molecule has 2 saturated carbocycles. The predicted octanol–water partition coefficient (Wildman–Crippen LogP) is 6.23. The van der Waals surface area contributed by atoms with Crippen molar-refractivity contribution in [2.45, 2.75) is 101 Å². The molecule has 7 heteroatoms. The molecule has 7 nitrogen and oxygen atoms in total. The molecule has 2 bridgehead atoms. The Balaban J connectivity index is 1.18. The van der Waals surface area contributed by atoms with Crippen molar-refractivity contribution in [3.8, 4) is 5.75 Å². The molecule has 6 rings (SSSR count). The molecule has 2 N–H and O–H groups in total. The summed E-state index contributed by atoms with van der Waals surface area (Å²) in [5.74, 6) is 0.858. The molecule has 40 heavy (non-hydrogen) atoms. The van der Waals surface area contributed by atoms with E-state index in [9.17, 15) is 14.7 Å². The van der Waals surface area contributed by atoms with Gasteiger partial charge in [0.1, 0.15) is 11.4 Å². The van der Waals surface area contributed by atoms with Gasteiger partial charge in [0, 0.05) is 23.7 Å². The van der Waals surface area contributed by atoms with Gasteiger partial charge in [-0.05, 0) is 119 Å². The molecule has 2 aromatic rings. The molecule has 2 aromatic carbocycles. The number of aliphatic hydroxyl groups is 1. The number of nitrogens with one attached hydrogen (secondary N) is 1. The Morgan fingerprint density at radius 1 is 1.02 bits per heavy atom. The number of hydrogen-bond donors (Lipinski definition) is 2. The largest absolute Gasteiger partial charge is 0.456 e. The van der Waals surface area contributed by atoms with Gasteiger partial charge in [-0.25, -0.2) is 9.59 Å². The van der Waals surface area contributed by atoms with Crippen LogP contribution in [0.2, 0.25) is 0 Å². The van der Waals surface area contributed by atoms with Crippen LogP contribution in [0.25, 0.3) is 0 Å². The van der Waals surface area contributed by atoms with Crippen LogP contribution in [0.4, 0.5) is 10.5 Å². The summed E-state index contributed by atoms with van der Waals surface area (Å²) in [6.45, 7) is 7.60. The molecule has 3 atom stereocenters. The van der Waals surface area contributed by atoms with E-state index in [2.05, 4.69) is 16.3 Å². The van der Waals surface area contributed by atoms with E-state index < -0.39 is 23.3 Å². The van der Waals surface area contributed by atoms with Gasteiger partial charge in [-0.2, -0.15) is 0 Å². The molecule has 0 aromatic heterocycles. The van der Waals surface area contributed by atoms with E-state index in [0.717, 1.165) is 57.5 Å². The van der Waals surface area contributed by atoms with Crippen molar-refractivity contribution in [2.24, 2.45) is 5.92 Å². The van der Waals surface area contributed by atoms with Crippen molar-refractivity contribution in [1.82, 2.24) is 4.90 Å². The predicted molar refractivity (Wildman–Crippen MR) is 154 cm³/mol. The molecule has 1 heterocycles. The number of ether oxygens (including phenoxy) is 2. The zero-order valence-corrected chi connectivity index (χ0v) is 24.0. The lowest BCUT2D eigenvalue weighted by molar-refractivity contribution is -0.169. The van der Waals surface area contributed by atoms with E-state index >= 15 is 0 Å². The Kier molecular flexibility index (Phi) is 6.94. The van der Waals surface area contributed by atoms with E-state index in [4.69, 9.17) is 9.47 Å². The fourth-order valence-electron chi connectivity index (χ4n) is 7.65. The van der Waals surface area contributed by atoms with Gasteiger partial charge in [0.15, 0.2) is 0 Å². The SMILES string of the molecule is CC(C)(C)OC(=O)c1ccc(NC(=O)Oc2ccc3c(c2)[C@@]24CCCC[C@@]2(O)[C@H](C3)N(CC2CCC2)CC4)cc1. The average molecular weight is 547 g/mol. The standard InChI is InChI=1S/C33H42N2O5/c1-31(2,3)40-29(36)23-9-12-25(13-10-23)34-30(37)39-26-14-11-24-19-28-33(38)16-5-4-15-32(33,27(24)20-26)17-18-35(28)21-22-7-6-8-22/h9-14,20,22,28,38H,4-8,15-19,21H2,1-3H3,(H,34,37)/t28-,32-,33+/m0/s1. The number of carbonyl (C=O) groups excluding carboxylic acids is 2. The van der Waals surface area contributed by atoms with Crippen LogP contribution in [-0.2, 0) is 16.6 Å². The van der Waals surface area contributed by atoms with Crippen LogP contribution in [0.5, 0.6) is 5.75 Å². The lowest BCUT2D eigenvalue weighted by atomic mass is 9.49. The van der Waals surface area contributed by atoms with Crippen molar-refractivity contribution in [1.29, 1.82) is 0 Å². The molecule has 3 fully saturated rings. The van der Waals surface area contributed by atoms with Crippen LogP contribution in [0.15, 0.2) is 42.5 Å². The highest BCUT2D eigenvalue weighted by Crippen LogP contribution is 2.58. The van der Waals surface area contributed by atoms with Crippen molar-refractivity contribution >= 4 is 17.7 Å². The Morgan fingerprint density at radius 3 is 2.48 bits per heavy atom. The molecule has 214 valence electrons. The maximum absolute atomic E-state index is 12.8. The van der Waals surface area contributed by atoms with Gasteiger partial charge >= 0.3 is 12.1 Å². The van der Waals surface area contributed by atoms with Crippen molar-refractivity contribution in [2.75, 3.05) is 18.4 Å². The number of benzene rings is 2. The van der Waals surface area contributed by atoms with E-state index in [0.29, 0.717) is 17.0 Å². The molecular weight excluding hydrogens is 504 g/mol. The summed E-state index contributed by atoms with van der Waals surface area (Å²) >= 11 is 0. The second-order valence-electron chi connectivity index (χ2n) is 13.4. The molecule has 4 aliphatic rings. The average Bonchev–Trinajstić information content (AvgIpc) is 2.86. The maximum atomic E-state index is 12.8. The number of nitrogens with zero attached hydrogens (tertiary/aromatic N) is 1. The second-order valence-corrected chi connectivity index (χ2v) is 13.4. The smallest absolute Gasteiger partial charge is 0.417 e. The number of carbonyl (C=O) groups is 2. The number of hydrogen-bond acceptors (Lipinski definition) is 6. The van der Waals surface area contributed by atoms with Gasteiger partial charge in [-0.15, -0.1) is 0 Å². The number of fused-ring (bicyclic) bond motifs is 1. The van der Waals surface area contributed by atoms with Crippen molar-refractivity contribution in [3.63, 3.8) is 0 Å². The summed E-state index contributed by atoms with van der Waals surface area (Å²) in [7, 11) is 0. The Bertz CT molecular complexity index is 1280. The van der Waals surface area contributed by atoms with Gasteiger partial charge in [0.2, 0.25) is 0 Å². The Labute approximate surface area is 237 Å². The van der Waals surface area contributed by atoms with Gasteiger partial charge in [0.25, 0.3) is 0 Å². The van der Waals surface area contributed by atoms with Gasteiger partial charge in [-0.1, -0.05) is 25.3 Å². The zero-order chi connectivity index (χ0) is 28.1. The highest BCUT2D eigenvalue weighted by Gasteiger charge is 2.63. The summed E-state index contributed by atoms with van der Waals surface area (Å²) in [4.78, 5) is 27.7. The van der Waals surface area contributed by atoms with Crippen LogP contribution in [0.1, 0.15) is 93.6 Å². The summed E-state index contributed by atoms with van der Waals surface area (Å²) in [5.41, 5.74) is 1.79. The quantitative estimate of drug-likeness (QED) is 0.433. The summed E-state index contributed by atoms with van der Waals surface area (Å²) in [5, 5.41) is 15.1. The van der Waals surface area contributed by atoms with Gasteiger partial charge in [-0.3, -0.25) is 10.2 Å². The minimum absolute atomic E-state index is 0.161. The van der Waals surface area contributed by atoms with E-state index in [-0.39, 0.29) is 11.5 Å². The van der Waals surface area contributed by atoms with Crippen molar-refractivity contribution in [3.05, 3.63) is 59.2 Å². The third kappa shape index (κ3) is 4.92. The number of esters is 1. The number of amides is 1. The monoisotopic (exact) mass is 546 g/mol. The van der Waals surface area contributed by atoms with Crippen LogP contribution < -0.4 is 10.1 Å². The molecule has 0 unspecified atom stereocenters. The molecule has 3 aliphatic carbocycles. The topological polar surface area (TPSA) is 88.1 Å². The molecule has 1 amide bonds. The van der Waals surface area contributed by atoms with Crippen LogP contribution >= 0.6 is 0 Å². The first-order chi connectivity index (χ1) is 19.1. The maximum Gasteiger partial charge on any atom is 0.417 e. The summed E-state index contributed by atoms with van der Waals surface area (Å²) in [6.07, 6.45) is 9.16. The molecule has 0 spiro atoms. The first-order valence-electron chi connectivity index (χ1n) is 15.0. The fraction of sp³-hybridized carbons (Fsp3) is 0.576. The lowest BCUT2D eigenvalue weighted by Crippen LogP contribution is -2.72. The molecule has 0 radical (unpaired) electrons. The zero-order valence-electron chi connectivity index (χ0n) is 24.0. The van der Waals surface area contributed by atoms with Gasteiger partial charge in [0.05, 0.1) is 11.2 Å². The first kappa shape index (κ1) is 27.3. The minimum Gasteiger partial charge on any atom is -0.456 e. The molecule has 1 aliphatic heterocycles. The third-order valence-corrected chi connectivity index (χ3v) is 9.76. The summed E-state index contributed by atoms with van der Waals surface area (Å²) < 4.78 is 11.1. The first-order valence-corrected chi connectivity index (χ1v) is 15.0. The second kappa shape index (κ2) is 10.2. The molecule has 1 saturated heterocycles. The number of anilines is 1. The number of likely N-dealkylation sites (tertiary alicyclic amines) is 1. The fourth-order valence-corrected chi connectivity index (χ4v) is 7.65. The van der Waals surface area contributed by atoms with E-state index in [1.807, 2.05) is 32.9 Å². The van der Waals surface area contributed by atoms with Crippen LogP contribution in [0, 0.1) is 5.92 Å². The third-order valence-electron chi connectivity index (χ3n) is 9.76. The van der Waals surface area contributed by atoms with E-state index in [1.165, 1.54) is 30.4 Å². The minimum atomic E-state index is -0.739. The highest BCUT2D eigenvalue weighted by atomic mass is 16.6. The van der Waals surface area contributed by atoms with Gasteiger partial charge < -0.3 is 14.6 Å². The highest BCUT2D eigenvalue weighted by molar-refractivity contribution is 5.91. The lowest BCUT2D eigenvalue weighted by Gasteiger charge is -2.64. The van der Waals surface area contributed by atoms with Crippen molar-refractivity contribution < 1.29 is 24.2 Å². The van der Waals surface area contributed by atoms with Crippen LogP contribution in [-0.4, -0.2) is 52.4 Å². The molecular formula is C33H42N2O5. The summed E-state index contributed by atoms with van der Waals surface area (Å²) in [6, 6.07) is 12.7.